The number of aromatic nitrogens is 1. The zero-order valence-electron chi connectivity index (χ0n) is 21.3. The molecule has 37 heavy (non-hydrogen) atoms. The van der Waals surface area contributed by atoms with Crippen molar-refractivity contribution in [2.75, 3.05) is 43.9 Å². The molecular formula is C29H33N7O. The first-order valence-electron chi connectivity index (χ1n) is 12.6. The molecular weight excluding hydrogens is 462 g/mol. The standard InChI is InChI=1S/C29H33N7O/c1-21-5-10-25(18-27(21)34-29-31-13-11-26(33-29)24-4-3-12-30-19-24)32-28(37)23-8-6-22(7-9-23)20-36-16-14-35(2)15-17-36/h3-13,18-19,26H,14-17,20H2,1-2H3,(H,32,37)(H2,31,33,34). The van der Waals surface area contributed by atoms with E-state index in [-0.39, 0.29) is 11.9 Å². The number of carbonyl (C=O) groups excluding carboxylic acids is 1. The van der Waals surface area contributed by atoms with E-state index in [4.69, 9.17) is 4.99 Å². The number of aliphatic imine (C=N–C) groups is 1. The van der Waals surface area contributed by atoms with Gasteiger partial charge in [0.2, 0.25) is 5.96 Å². The molecule has 2 aromatic carbocycles. The van der Waals surface area contributed by atoms with Gasteiger partial charge in [-0.3, -0.25) is 14.7 Å². The second-order valence-electron chi connectivity index (χ2n) is 9.60. The van der Waals surface area contributed by atoms with Gasteiger partial charge in [0.1, 0.15) is 6.04 Å². The monoisotopic (exact) mass is 495 g/mol. The van der Waals surface area contributed by atoms with Crippen molar-refractivity contribution in [1.82, 2.24) is 20.1 Å². The number of piperazine rings is 1. The summed E-state index contributed by atoms with van der Waals surface area (Å²) >= 11 is 0. The maximum Gasteiger partial charge on any atom is 0.255 e. The Labute approximate surface area is 218 Å². The lowest BCUT2D eigenvalue weighted by Gasteiger charge is -2.32. The number of nitrogens with one attached hydrogen (secondary N) is 3. The smallest absolute Gasteiger partial charge is 0.255 e. The van der Waals surface area contributed by atoms with E-state index in [0.717, 1.165) is 55.2 Å². The maximum atomic E-state index is 12.9. The molecule has 1 unspecified atom stereocenters. The molecule has 8 nitrogen and oxygen atoms in total. The third-order valence-electron chi connectivity index (χ3n) is 6.76. The number of anilines is 2. The molecule has 2 aliphatic heterocycles. The predicted molar refractivity (Wildman–Crippen MR) is 149 cm³/mol. The predicted octanol–water partition coefficient (Wildman–Crippen LogP) is 4.02. The SMILES string of the molecule is Cc1ccc(NC(=O)c2ccc(CN3CCN(C)CC3)cc2)cc1NC1=NC(c2cccnc2)C=CN1. The Morgan fingerprint density at radius 1 is 1.08 bits per heavy atom. The number of carbonyl (C=O) groups is 1. The van der Waals surface area contributed by atoms with E-state index in [1.165, 1.54) is 5.56 Å². The van der Waals surface area contributed by atoms with Crippen LogP contribution in [0.25, 0.3) is 0 Å². The topological polar surface area (TPSA) is 84.9 Å². The fourth-order valence-electron chi connectivity index (χ4n) is 4.43. The summed E-state index contributed by atoms with van der Waals surface area (Å²) in [5, 5.41) is 9.55. The van der Waals surface area contributed by atoms with Gasteiger partial charge in [-0.15, -0.1) is 0 Å². The summed E-state index contributed by atoms with van der Waals surface area (Å²) in [6.07, 6.45) is 7.44. The van der Waals surface area contributed by atoms with Crippen LogP contribution in [-0.4, -0.2) is 59.9 Å². The number of hydrogen-bond acceptors (Lipinski definition) is 7. The van der Waals surface area contributed by atoms with E-state index < -0.39 is 0 Å². The molecule has 0 bridgehead atoms. The molecule has 1 aromatic heterocycles. The van der Waals surface area contributed by atoms with Crippen LogP contribution in [0.15, 0.2) is 84.3 Å². The molecule has 8 heteroatoms. The van der Waals surface area contributed by atoms with Crippen molar-refractivity contribution < 1.29 is 4.79 Å². The molecule has 190 valence electrons. The lowest BCUT2D eigenvalue weighted by molar-refractivity contribution is 0.102. The molecule has 5 rings (SSSR count). The molecule has 1 saturated heterocycles. The average Bonchev–Trinajstić information content (AvgIpc) is 2.93. The first-order valence-corrected chi connectivity index (χ1v) is 12.6. The van der Waals surface area contributed by atoms with Gasteiger partial charge in [-0.25, -0.2) is 4.99 Å². The van der Waals surface area contributed by atoms with Crippen LogP contribution in [-0.2, 0) is 6.54 Å². The summed E-state index contributed by atoms with van der Waals surface area (Å²) in [6.45, 7) is 7.27. The Morgan fingerprint density at radius 2 is 1.89 bits per heavy atom. The molecule has 3 N–H and O–H groups in total. The van der Waals surface area contributed by atoms with Crippen molar-refractivity contribution in [2.45, 2.75) is 19.5 Å². The summed E-state index contributed by atoms with van der Waals surface area (Å²) < 4.78 is 0. The van der Waals surface area contributed by atoms with Crippen LogP contribution in [0.5, 0.6) is 0 Å². The van der Waals surface area contributed by atoms with Gasteiger partial charge in [0.15, 0.2) is 0 Å². The maximum absolute atomic E-state index is 12.9. The van der Waals surface area contributed by atoms with Gasteiger partial charge >= 0.3 is 0 Å². The minimum absolute atomic E-state index is 0.111. The average molecular weight is 496 g/mol. The number of nitrogens with zero attached hydrogens (tertiary/aromatic N) is 4. The van der Waals surface area contributed by atoms with E-state index in [1.807, 2.05) is 67.9 Å². The fourth-order valence-corrected chi connectivity index (χ4v) is 4.43. The van der Waals surface area contributed by atoms with E-state index in [9.17, 15) is 4.79 Å². The molecule has 3 heterocycles. The zero-order valence-corrected chi connectivity index (χ0v) is 21.3. The van der Waals surface area contributed by atoms with E-state index in [1.54, 1.807) is 6.20 Å². The third-order valence-corrected chi connectivity index (χ3v) is 6.76. The Hall–Kier alpha value is -4.01. The van der Waals surface area contributed by atoms with Gasteiger partial charge in [-0.05, 0) is 67.1 Å². The van der Waals surface area contributed by atoms with Crippen LogP contribution in [0.2, 0.25) is 0 Å². The van der Waals surface area contributed by atoms with Crippen LogP contribution < -0.4 is 16.0 Å². The normalized spacial score (nSPS) is 18.1. The van der Waals surface area contributed by atoms with Crippen LogP contribution in [0.1, 0.15) is 33.1 Å². The van der Waals surface area contributed by atoms with Gasteiger partial charge in [-0.2, -0.15) is 0 Å². The Kier molecular flexibility index (Phi) is 7.58. The van der Waals surface area contributed by atoms with Crippen molar-refractivity contribution in [2.24, 2.45) is 4.99 Å². The number of hydrogen-bond donors (Lipinski definition) is 3. The first kappa shape index (κ1) is 24.7. The number of amides is 1. The summed E-state index contributed by atoms with van der Waals surface area (Å²) in [6, 6.07) is 17.5. The summed E-state index contributed by atoms with van der Waals surface area (Å²) in [5.74, 6) is 0.507. The highest BCUT2D eigenvalue weighted by atomic mass is 16.1. The van der Waals surface area contributed by atoms with Crippen LogP contribution in [0.4, 0.5) is 11.4 Å². The number of benzene rings is 2. The van der Waals surface area contributed by atoms with Crippen LogP contribution in [0, 0.1) is 6.92 Å². The van der Waals surface area contributed by atoms with Crippen LogP contribution in [0.3, 0.4) is 0 Å². The quantitative estimate of drug-likeness (QED) is 0.479. The lowest BCUT2D eigenvalue weighted by Crippen LogP contribution is -2.43. The molecule has 1 atom stereocenters. The Morgan fingerprint density at radius 3 is 2.65 bits per heavy atom. The zero-order chi connectivity index (χ0) is 25.6. The van der Waals surface area contributed by atoms with Crippen molar-refractivity contribution in [3.63, 3.8) is 0 Å². The van der Waals surface area contributed by atoms with E-state index >= 15 is 0 Å². The first-order chi connectivity index (χ1) is 18.0. The summed E-state index contributed by atoms with van der Waals surface area (Å²) in [5.41, 5.74) is 5.51. The Bertz CT molecular complexity index is 1280. The van der Waals surface area contributed by atoms with E-state index in [2.05, 4.69) is 49.9 Å². The van der Waals surface area contributed by atoms with Crippen molar-refractivity contribution in [3.8, 4) is 0 Å². The van der Waals surface area contributed by atoms with Crippen molar-refractivity contribution in [1.29, 1.82) is 0 Å². The van der Waals surface area contributed by atoms with Gasteiger partial charge in [-0.1, -0.05) is 24.3 Å². The van der Waals surface area contributed by atoms with Crippen LogP contribution >= 0.6 is 0 Å². The minimum atomic E-state index is -0.131. The highest BCUT2D eigenvalue weighted by Gasteiger charge is 2.15. The molecule has 3 aromatic rings. The minimum Gasteiger partial charge on any atom is -0.333 e. The summed E-state index contributed by atoms with van der Waals surface area (Å²) in [4.78, 5) is 26.7. The Balaban J connectivity index is 1.21. The number of pyridine rings is 1. The van der Waals surface area contributed by atoms with E-state index in [0.29, 0.717) is 11.5 Å². The number of rotatable bonds is 6. The number of aryl methyl sites for hydroxylation is 1. The number of likely N-dealkylation sites (N-methyl/N-ethyl adjacent to an activating group) is 1. The lowest BCUT2D eigenvalue weighted by atomic mass is 10.1. The van der Waals surface area contributed by atoms with Gasteiger partial charge in [0.05, 0.1) is 0 Å². The second-order valence-corrected chi connectivity index (χ2v) is 9.60. The van der Waals surface area contributed by atoms with Crippen molar-refractivity contribution in [3.05, 3.63) is 102 Å². The molecule has 0 spiro atoms. The van der Waals surface area contributed by atoms with Gasteiger partial charge < -0.3 is 20.9 Å². The fraction of sp³-hybridized carbons (Fsp3) is 0.276. The van der Waals surface area contributed by atoms with Crippen molar-refractivity contribution >= 4 is 23.2 Å². The highest BCUT2D eigenvalue weighted by molar-refractivity contribution is 6.05. The largest absolute Gasteiger partial charge is 0.333 e. The molecule has 0 aliphatic carbocycles. The summed E-state index contributed by atoms with van der Waals surface area (Å²) in [7, 11) is 2.16. The molecule has 0 saturated carbocycles. The molecule has 1 amide bonds. The van der Waals surface area contributed by atoms with Gasteiger partial charge in [0.25, 0.3) is 5.91 Å². The highest BCUT2D eigenvalue weighted by Crippen LogP contribution is 2.24. The van der Waals surface area contributed by atoms with Gasteiger partial charge in [0, 0.05) is 68.3 Å². The molecule has 1 fully saturated rings. The number of guanidine groups is 1. The second kappa shape index (κ2) is 11.4. The molecule has 0 radical (unpaired) electrons. The third kappa shape index (κ3) is 6.41. The molecule has 2 aliphatic rings.